The highest BCUT2D eigenvalue weighted by Gasteiger charge is 2.27. The third-order valence-electron chi connectivity index (χ3n) is 5.15. The molecule has 0 spiro atoms. The lowest BCUT2D eigenvalue weighted by atomic mass is 9.86. The van der Waals surface area contributed by atoms with Crippen molar-refractivity contribution >= 4 is 29.0 Å². The molecule has 2 unspecified atom stereocenters. The summed E-state index contributed by atoms with van der Waals surface area (Å²) in [4.78, 5) is 25.3. The van der Waals surface area contributed by atoms with Crippen LogP contribution in [0.15, 0.2) is 24.3 Å². The van der Waals surface area contributed by atoms with Gasteiger partial charge in [-0.05, 0) is 42.8 Å². The van der Waals surface area contributed by atoms with Crippen LogP contribution in [-0.4, -0.2) is 22.2 Å². The molecule has 1 saturated carbocycles. The fraction of sp³-hybridized carbons (Fsp3) is 0.450. The summed E-state index contributed by atoms with van der Waals surface area (Å²) in [6.45, 7) is 4.56. The molecular weight excluding hydrogens is 360 g/mol. The molecular formula is C20H26N4O2S. The number of carbonyl (C=O) groups is 2. The van der Waals surface area contributed by atoms with Crippen LogP contribution in [0.25, 0.3) is 0 Å². The van der Waals surface area contributed by atoms with Gasteiger partial charge in [-0.1, -0.05) is 49.6 Å². The quantitative estimate of drug-likeness (QED) is 0.735. The Hall–Kier alpha value is -2.41. The molecule has 1 aromatic carbocycles. The fourth-order valence-corrected chi connectivity index (χ4v) is 4.06. The molecule has 6 nitrogen and oxygen atoms in total. The lowest BCUT2D eigenvalue weighted by molar-refractivity contribution is 0.0915. The summed E-state index contributed by atoms with van der Waals surface area (Å²) in [7, 11) is 0. The minimum absolute atomic E-state index is 0.119. The maximum atomic E-state index is 12.6. The van der Waals surface area contributed by atoms with Crippen LogP contribution in [0.4, 0.5) is 5.69 Å². The molecule has 1 aliphatic rings. The van der Waals surface area contributed by atoms with Gasteiger partial charge in [0.1, 0.15) is 4.88 Å². The molecule has 1 aromatic heterocycles. The van der Waals surface area contributed by atoms with Gasteiger partial charge >= 0.3 is 0 Å². The highest BCUT2D eigenvalue weighted by Crippen LogP contribution is 2.26. The summed E-state index contributed by atoms with van der Waals surface area (Å²) in [5.41, 5.74) is 8.49. The maximum absolute atomic E-state index is 12.6. The number of rotatable bonds is 5. The van der Waals surface area contributed by atoms with Crippen LogP contribution < -0.4 is 16.4 Å². The van der Waals surface area contributed by atoms with Crippen molar-refractivity contribution in [3.05, 3.63) is 46.0 Å². The number of aryl methyl sites for hydroxylation is 1. The molecule has 0 radical (unpaired) electrons. The first-order valence-electron chi connectivity index (χ1n) is 9.35. The van der Waals surface area contributed by atoms with Crippen LogP contribution in [0.2, 0.25) is 0 Å². The van der Waals surface area contributed by atoms with E-state index >= 15 is 0 Å². The molecule has 27 heavy (non-hydrogen) atoms. The Morgan fingerprint density at radius 1 is 1.19 bits per heavy atom. The fourth-order valence-electron chi connectivity index (χ4n) is 3.36. The molecule has 3 rings (SSSR count). The third-order valence-corrected chi connectivity index (χ3v) is 6.01. The largest absolute Gasteiger partial charge is 0.395 e. The van der Waals surface area contributed by atoms with E-state index in [0.29, 0.717) is 17.3 Å². The minimum atomic E-state index is -0.366. The number of hydrogen-bond donors (Lipinski definition) is 3. The molecule has 4 N–H and O–H groups in total. The van der Waals surface area contributed by atoms with Crippen molar-refractivity contribution in [3.63, 3.8) is 0 Å². The predicted molar refractivity (Wildman–Crippen MR) is 108 cm³/mol. The minimum Gasteiger partial charge on any atom is -0.395 e. The number of amides is 2. The standard InChI is InChI=1S/C20H26N4O2S/c1-12-7-9-14(10-8-12)11-22-19(25)17-16(21)18(27-24-17)20(26)23-15-6-4-3-5-13(15)2/h7-10,13,15H,3-6,11,21H2,1-2H3,(H,22,25)(H,23,26). The number of nitrogens with zero attached hydrogens (tertiary/aromatic N) is 1. The summed E-state index contributed by atoms with van der Waals surface area (Å²) < 4.78 is 4.12. The normalized spacial score (nSPS) is 19.5. The van der Waals surface area contributed by atoms with E-state index in [2.05, 4.69) is 21.9 Å². The summed E-state index contributed by atoms with van der Waals surface area (Å²) in [5.74, 6) is -0.148. The molecule has 1 fully saturated rings. The third kappa shape index (κ3) is 4.66. The van der Waals surface area contributed by atoms with E-state index in [1.165, 1.54) is 6.42 Å². The van der Waals surface area contributed by atoms with Crippen LogP contribution in [0.1, 0.15) is 63.9 Å². The Labute approximate surface area is 163 Å². The first-order valence-corrected chi connectivity index (χ1v) is 10.1. The first kappa shape index (κ1) is 19.4. The zero-order valence-corrected chi connectivity index (χ0v) is 16.6. The Morgan fingerprint density at radius 3 is 2.59 bits per heavy atom. The van der Waals surface area contributed by atoms with Gasteiger partial charge in [-0.15, -0.1) is 0 Å². The highest BCUT2D eigenvalue weighted by molar-refractivity contribution is 7.09. The molecule has 2 amide bonds. The molecule has 1 aliphatic carbocycles. The van der Waals surface area contributed by atoms with Gasteiger partial charge in [0, 0.05) is 12.6 Å². The summed E-state index contributed by atoms with van der Waals surface area (Å²) >= 11 is 0.978. The van der Waals surface area contributed by atoms with Gasteiger partial charge in [0.15, 0.2) is 5.69 Å². The van der Waals surface area contributed by atoms with Crippen LogP contribution >= 0.6 is 11.5 Å². The van der Waals surface area contributed by atoms with Gasteiger partial charge in [-0.25, -0.2) is 0 Å². The maximum Gasteiger partial charge on any atom is 0.273 e. The van der Waals surface area contributed by atoms with E-state index in [1.54, 1.807) is 0 Å². The Bertz CT molecular complexity index is 816. The van der Waals surface area contributed by atoms with Crippen molar-refractivity contribution in [1.82, 2.24) is 15.0 Å². The SMILES string of the molecule is Cc1ccc(CNC(=O)c2nsc(C(=O)NC3CCCCC3C)c2N)cc1. The van der Waals surface area contributed by atoms with Crippen LogP contribution in [0, 0.1) is 12.8 Å². The average Bonchev–Trinajstić information content (AvgIpc) is 3.04. The second-order valence-corrected chi connectivity index (χ2v) is 8.06. The lowest BCUT2D eigenvalue weighted by Gasteiger charge is -2.29. The van der Waals surface area contributed by atoms with E-state index in [1.807, 2.05) is 31.2 Å². The van der Waals surface area contributed by atoms with Crippen molar-refractivity contribution in [2.75, 3.05) is 5.73 Å². The Morgan fingerprint density at radius 2 is 1.89 bits per heavy atom. The number of carbonyl (C=O) groups excluding carboxylic acids is 2. The topological polar surface area (TPSA) is 97.1 Å². The van der Waals surface area contributed by atoms with Crippen LogP contribution in [0.5, 0.6) is 0 Å². The number of anilines is 1. The number of aromatic nitrogens is 1. The van der Waals surface area contributed by atoms with Crippen molar-refractivity contribution in [1.29, 1.82) is 0 Å². The highest BCUT2D eigenvalue weighted by atomic mass is 32.1. The van der Waals surface area contributed by atoms with Gasteiger partial charge < -0.3 is 16.4 Å². The van der Waals surface area contributed by atoms with E-state index in [-0.39, 0.29) is 29.2 Å². The Kier molecular flexibility index (Phi) is 6.11. The van der Waals surface area contributed by atoms with Crippen molar-refractivity contribution < 1.29 is 9.59 Å². The molecule has 7 heteroatoms. The smallest absolute Gasteiger partial charge is 0.273 e. The van der Waals surface area contributed by atoms with Gasteiger partial charge in [0.05, 0.1) is 5.69 Å². The van der Waals surface area contributed by atoms with Gasteiger partial charge in [-0.3, -0.25) is 9.59 Å². The van der Waals surface area contributed by atoms with Crippen molar-refractivity contribution in [2.45, 2.75) is 52.1 Å². The summed E-state index contributed by atoms with van der Waals surface area (Å²) in [5, 5.41) is 5.87. The van der Waals surface area contributed by atoms with E-state index in [9.17, 15) is 9.59 Å². The zero-order valence-electron chi connectivity index (χ0n) is 15.7. The van der Waals surface area contributed by atoms with Gasteiger partial charge in [-0.2, -0.15) is 4.37 Å². The molecule has 1 heterocycles. The average molecular weight is 387 g/mol. The molecule has 0 bridgehead atoms. The number of hydrogen-bond acceptors (Lipinski definition) is 5. The summed E-state index contributed by atoms with van der Waals surface area (Å²) in [6.07, 6.45) is 4.44. The summed E-state index contributed by atoms with van der Waals surface area (Å²) in [6, 6.07) is 8.07. The van der Waals surface area contributed by atoms with E-state index in [0.717, 1.165) is 41.9 Å². The predicted octanol–water partition coefficient (Wildman–Crippen LogP) is 3.27. The number of nitrogens with one attached hydrogen (secondary N) is 2. The van der Waals surface area contributed by atoms with Crippen molar-refractivity contribution in [3.8, 4) is 0 Å². The van der Waals surface area contributed by atoms with E-state index < -0.39 is 0 Å². The first-order chi connectivity index (χ1) is 13.0. The molecule has 2 atom stereocenters. The van der Waals surface area contributed by atoms with E-state index in [4.69, 9.17) is 5.73 Å². The second kappa shape index (κ2) is 8.52. The zero-order chi connectivity index (χ0) is 19.4. The number of nitrogens with two attached hydrogens (primary N) is 1. The van der Waals surface area contributed by atoms with Crippen LogP contribution in [0.3, 0.4) is 0 Å². The second-order valence-electron chi connectivity index (χ2n) is 7.28. The van der Waals surface area contributed by atoms with Gasteiger partial charge in [0.25, 0.3) is 11.8 Å². The molecule has 2 aromatic rings. The molecule has 0 aliphatic heterocycles. The van der Waals surface area contributed by atoms with Crippen LogP contribution in [-0.2, 0) is 6.54 Å². The van der Waals surface area contributed by atoms with Crippen molar-refractivity contribution in [2.24, 2.45) is 5.92 Å². The number of benzene rings is 1. The number of nitrogen functional groups attached to an aromatic ring is 1. The molecule has 0 saturated heterocycles. The lowest BCUT2D eigenvalue weighted by Crippen LogP contribution is -2.41. The monoisotopic (exact) mass is 386 g/mol. The van der Waals surface area contributed by atoms with Gasteiger partial charge in [0.2, 0.25) is 0 Å². The Balaban J connectivity index is 1.62. The molecule has 144 valence electrons.